The van der Waals surface area contributed by atoms with Crippen molar-refractivity contribution in [2.75, 3.05) is 41.0 Å². The van der Waals surface area contributed by atoms with Crippen LogP contribution >= 0.6 is 0 Å². The summed E-state index contributed by atoms with van der Waals surface area (Å²) in [6, 6.07) is 10.3. The van der Waals surface area contributed by atoms with Gasteiger partial charge in [0.2, 0.25) is 0 Å². The Morgan fingerprint density at radius 2 is 1.70 bits per heavy atom. The minimum absolute atomic E-state index is 0.310. The van der Waals surface area contributed by atoms with Crippen LogP contribution < -0.4 is 14.2 Å². The first-order chi connectivity index (χ1) is 14.6. The highest BCUT2D eigenvalue weighted by molar-refractivity contribution is 5.48. The Morgan fingerprint density at radius 3 is 2.43 bits per heavy atom. The molecule has 0 spiro atoms. The van der Waals surface area contributed by atoms with Crippen LogP contribution in [0.3, 0.4) is 0 Å². The van der Waals surface area contributed by atoms with Crippen LogP contribution in [0.25, 0.3) is 0 Å². The molecule has 0 saturated carbocycles. The van der Waals surface area contributed by atoms with Gasteiger partial charge in [-0.05, 0) is 61.2 Å². The number of fused-ring (bicyclic) bond motifs is 1. The zero-order valence-corrected chi connectivity index (χ0v) is 18.2. The van der Waals surface area contributed by atoms with Crippen LogP contribution in [-0.2, 0) is 19.5 Å². The summed E-state index contributed by atoms with van der Waals surface area (Å²) in [4.78, 5) is 5.04. The van der Waals surface area contributed by atoms with Gasteiger partial charge in [-0.15, -0.1) is 0 Å². The predicted octanol–water partition coefficient (Wildman–Crippen LogP) is 3.44. The smallest absolute Gasteiger partial charge is 0.161 e. The number of phenols is 1. The van der Waals surface area contributed by atoms with Crippen molar-refractivity contribution in [3.8, 4) is 23.0 Å². The highest BCUT2D eigenvalue weighted by atomic mass is 16.5. The van der Waals surface area contributed by atoms with E-state index in [1.165, 1.54) is 17.5 Å². The molecule has 162 valence electrons. The van der Waals surface area contributed by atoms with E-state index >= 15 is 0 Å². The Morgan fingerprint density at radius 1 is 0.967 bits per heavy atom. The molecule has 0 amide bonds. The Balaban J connectivity index is 1.46. The molecule has 2 aromatic carbocycles. The van der Waals surface area contributed by atoms with E-state index in [4.69, 9.17) is 14.2 Å². The van der Waals surface area contributed by atoms with Gasteiger partial charge in [-0.1, -0.05) is 6.07 Å². The van der Waals surface area contributed by atoms with E-state index in [1.807, 2.05) is 12.1 Å². The Kier molecular flexibility index (Phi) is 6.35. The van der Waals surface area contributed by atoms with Gasteiger partial charge in [0.15, 0.2) is 11.5 Å². The summed E-state index contributed by atoms with van der Waals surface area (Å²) in [6.45, 7) is 4.75. The Bertz CT molecular complexity index is 886. The zero-order valence-electron chi connectivity index (χ0n) is 18.2. The van der Waals surface area contributed by atoms with E-state index in [1.54, 1.807) is 27.4 Å². The quantitative estimate of drug-likeness (QED) is 0.785. The topological polar surface area (TPSA) is 54.4 Å². The van der Waals surface area contributed by atoms with Gasteiger partial charge < -0.3 is 19.3 Å². The molecule has 2 aliphatic heterocycles. The van der Waals surface area contributed by atoms with Crippen molar-refractivity contribution in [3.05, 3.63) is 47.0 Å². The SMILES string of the molecule is COc1cc2c(cc1OC)CN(C1CCCN(Cc3c(O)cccc3OC)C1)CC2. The van der Waals surface area contributed by atoms with Crippen LogP contribution in [0.15, 0.2) is 30.3 Å². The van der Waals surface area contributed by atoms with Gasteiger partial charge in [-0.3, -0.25) is 9.80 Å². The van der Waals surface area contributed by atoms with Crippen molar-refractivity contribution in [3.63, 3.8) is 0 Å². The summed E-state index contributed by atoms with van der Waals surface area (Å²) >= 11 is 0. The van der Waals surface area contributed by atoms with Gasteiger partial charge in [-0.2, -0.15) is 0 Å². The van der Waals surface area contributed by atoms with Gasteiger partial charge in [-0.25, -0.2) is 0 Å². The summed E-state index contributed by atoms with van der Waals surface area (Å²) < 4.78 is 16.5. The number of likely N-dealkylation sites (tertiary alicyclic amines) is 1. The molecule has 6 heteroatoms. The standard InChI is InChI=1S/C24H32N2O4/c1-28-22-8-4-7-21(27)20(22)16-25-10-5-6-19(15-25)26-11-9-17-12-23(29-2)24(30-3)13-18(17)14-26/h4,7-8,12-13,19,27H,5-6,9-11,14-16H2,1-3H3. The summed E-state index contributed by atoms with van der Waals surface area (Å²) in [7, 11) is 5.04. The van der Waals surface area contributed by atoms with Crippen molar-refractivity contribution >= 4 is 0 Å². The average Bonchev–Trinajstić information content (AvgIpc) is 2.79. The average molecular weight is 413 g/mol. The van der Waals surface area contributed by atoms with E-state index in [0.29, 0.717) is 18.3 Å². The van der Waals surface area contributed by atoms with Gasteiger partial charge in [0.1, 0.15) is 11.5 Å². The molecule has 1 atom stereocenters. The first-order valence-corrected chi connectivity index (χ1v) is 10.7. The third kappa shape index (κ3) is 4.20. The van der Waals surface area contributed by atoms with Crippen LogP contribution in [0.5, 0.6) is 23.0 Å². The lowest BCUT2D eigenvalue weighted by atomic mass is 9.95. The number of benzene rings is 2. The molecular formula is C24H32N2O4. The lowest BCUT2D eigenvalue weighted by molar-refractivity contribution is 0.0828. The summed E-state index contributed by atoms with van der Waals surface area (Å²) in [5.74, 6) is 2.68. The molecule has 4 rings (SSSR count). The highest BCUT2D eigenvalue weighted by Gasteiger charge is 2.29. The third-order valence-electron chi connectivity index (χ3n) is 6.45. The number of aromatic hydroxyl groups is 1. The Labute approximate surface area is 179 Å². The lowest BCUT2D eigenvalue weighted by Crippen LogP contribution is -2.49. The second-order valence-corrected chi connectivity index (χ2v) is 8.19. The number of piperidine rings is 1. The molecule has 0 aliphatic carbocycles. The monoisotopic (exact) mass is 412 g/mol. The summed E-state index contributed by atoms with van der Waals surface area (Å²) in [5.41, 5.74) is 3.57. The number of phenolic OH excluding ortho intramolecular Hbond substituents is 1. The fraction of sp³-hybridized carbons (Fsp3) is 0.500. The first kappa shape index (κ1) is 20.8. The van der Waals surface area contributed by atoms with E-state index in [2.05, 4.69) is 21.9 Å². The molecule has 1 N–H and O–H groups in total. The molecule has 1 fully saturated rings. The minimum Gasteiger partial charge on any atom is -0.507 e. The molecule has 0 bridgehead atoms. The maximum atomic E-state index is 10.3. The van der Waals surface area contributed by atoms with Crippen LogP contribution in [0.2, 0.25) is 0 Å². The van der Waals surface area contributed by atoms with Crippen molar-refractivity contribution in [2.24, 2.45) is 0 Å². The van der Waals surface area contributed by atoms with E-state index < -0.39 is 0 Å². The van der Waals surface area contributed by atoms with Crippen LogP contribution in [0, 0.1) is 0 Å². The number of methoxy groups -OCH3 is 3. The third-order valence-corrected chi connectivity index (χ3v) is 6.45. The van der Waals surface area contributed by atoms with Crippen LogP contribution in [-0.4, -0.2) is 61.9 Å². The number of nitrogens with zero attached hydrogens (tertiary/aromatic N) is 2. The van der Waals surface area contributed by atoms with Gasteiger partial charge >= 0.3 is 0 Å². The Hall–Kier alpha value is -2.44. The maximum Gasteiger partial charge on any atom is 0.161 e. The summed E-state index contributed by atoms with van der Waals surface area (Å²) in [5, 5.41) is 10.3. The lowest BCUT2D eigenvalue weighted by Gasteiger charge is -2.41. The van der Waals surface area contributed by atoms with E-state index in [0.717, 1.165) is 61.8 Å². The molecule has 2 aromatic rings. The number of ether oxygens (including phenoxy) is 3. The van der Waals surface area contributed by atoms with E-state index in [9.17, 15) is 5.11 Å². The summed E-state index contributed by atoms with van der Waals surface area (Å²) in [6.07, 6.45) is 3.40. The highest BCUT2D eigenvalue weighted by Crippen LogP contribution is 2.35. The van der Waals surface area contributed by atoms with Crippen molar-refractivity contribution < 1.29 is 19.3 Å². The number of hydrogen-bond donors (Lipinski definition) is 1. The second-order valence-electron chi connectivity index (χ2n) is 8.19. The van der Waals surface area contributed by atoms with Crippen molar-refractivity contribution in [1.29, 1.82) is 0 Å². The van der Waals surface area contributed by atoms with Gasteiger partial charge in [0.25, 0.3) is 0 Å². The molecule has 2 heterocycles. The fourth-order valence-electron chi connectivity index (χ4n) is 4.82. The predicted molar refractivity (Wildman–Crippen MR) is 117 cm³/mol. The molecular weight excluding hydrogens is 380 g/mol. The largest absolute Gasteiger partial charge is 0.507 e. The molecule has 30 heavy (non-hydrogen) atoms. The number of hydrogen-bond acceptors (Lipinski definition) is 6. The van der Waals surface area contributed by atoms with E-state index in [-0.39, 0.29) is 0 Å². The first-order valence-electron chi connectivity index (χ1n) is 10.7. The maximum absolute atomic E-state index is 10.3. The fourth-order valence-corrected chi connectivity index (χ4v) is 4.82. The molecule has 0 aromatic heterocycles. The van der Waals surface area contributed by atoms with Gasteiger partial charge in [0, 0.05) is 37.8 Å². The van der Waals surface area contributed by atoms with Crippen LogP contribution in [0.1, 0.15) is 29.5 Å². The molecule has 2 aliphatic rings. The zero-order chi connectivity index (χ0) is 21.1. The van der Waals surface area contributed by atoms with Crippen molar-refractivity contribution in [2.45, 2.75) is 38.4 Å². The molecule has 1 unspecified atom stereocenters. The normalized spacial score (nSPS) is 19.9. The van der Waals surface area contributed by atoms with Crippen LogP contribution in [0.4, 0.5) is 0 Å². The molecule has 6 nitrogen and oxygen atoms in total. The molecule has 0 radical (unpaired) electrons. The van der Waals surface area contributed by atoms with Gasteiger partial charge in [0.05, 0.1) is 21.3 Å². The molecule has 1 saturated heterocycles. The minimum atomic E-state index is 0.310. The van der Waals surface area contributed by atoms with Crippen molar-refractivity contribution in [1.82, 2.24) is 9.80 Å². The number of rotatable bonds is 6. The second kappa shape index (κ2) is 9.14.